The van der Waals surface area contributed by atoms with Crippen molar-refractivity contribution in [1.29, 1.82) is 0 Å². The van der Waals surface area contributed by atoms with E-state index in [0.29, 0.717) is 12.1 Å². The first-order chi connectivity index (χ1) is 8.19. The summed E-state index contributed by atoms with van der Waals surface area (Å²) < 4.78 is 5.23. The summed E-state index contributed by atoms with van der Waals surface area (Å²) in [5.41, 5.74) is 0. The topological polar surface area (TPSA) is 24.5 Å². The van der Waals surface area contributed by atoms with Crippen LogP contribution in [0.25, 0.3) is 0 Å². The second kappa shape index (κ2) is 8.06. The van der Waals surface area contributed by atoms with Crippen LogP contribution in [-0.4, -0.2) is 51.3 Å². The maximum absolute atomic E-state index is 5.23. The van der Waals surface area contributed by atoms with E-state index < -0.39 is 0 Å². The van der Waals surface area contributed by atoms with Gasteiger partial charge in [-0.1, -0.05) is 19.3 Å². The summed E-state index contributed by atoms with van der Waals surface area (Å²) in [5, 5.41) is 3.51. The second-order valence-electron chi connectivity index (χ2n) is 5.54. The van der Waals surface area contributed by atoms with E-state index in [1.165, 1.54) is 38.6 Å². The van der Waals surface area contributed by atoms with E-state index in [4.69, 9.17) is 4.74 Å². The highest BCUT2D eigenvalue weighted by Crippen LogP contribution is 2.24. The van der Waals surface area contributed by atoms with Gasteiger partial charge < -0.3 is 15.0 Å². The normalized spacial score (nSPS) is 28.1. The van der Waals surface area contributed by atoms with Crippen LogP contribution in [0.4, 0.5) is 0 Å². The number of ether oxygens (including phenoxy) is 1. The first-order valence-corrected chi connectivity index (χ1v) is 7.05. The molecule has 1 rings (SSSR count). The highest BCUT2D eigenvalue weighted by atomic mass is 16.5. The quantitative estimate of drug-likeness (QED) is 0.722. The fourth-order valence-electron chi connectivity index (χ4n) is 2.90. The molecule has 102 valence electrons. The van der Waals surface area contributed by atoms with E-state index in [1.54, 1.807) is 7.11 Å². The number of hydrogen-bond acceptors (Lipinski definition) is 3. The minimum atomic E-state index is 0.515. The minimum Gasteiger partial charge on any atom is -0.383 e. The molecule has 1 aliphatic rings. The third-order valence-electron chi connectivity index (χ3n) is 4.21. The molecular formula is C14H30N2O. The molecule has 1 N–H and O–H groups in total. The summed E-state index contributed by atoms with van der Waals surface area (Å²) in [6.07, 6.45) is 6.91. The number of hydrogen-bond donors (Lipinski definition) is 1. The Kier molecular flexibility index (Phi) is 7.09. The minimum absolute atomic E-state index is 0.515. The van der Waals surface area contributed by atoms with Gasteiger partial charge in [0.05, 0.1) is 6.61 Å². The fraction of sp³-hybridized carbons (Fsp3) is 1.00. The summed E-state index contributed by atoms with van der Waals surface area (Å²) in [5.74, 6) is 0.798. The average molecular weight is 242 g/mol. The van der Waals surface area contributed by atoms with Crippen molar-refractivity contribution in [2.24, 2.45) is 5.92 Å². The molecule has 17 heavy (non-hydrogen) atoms. The Balaban J connectivity index is 2.45. The highest BCUT2D eigenvalue weighted by Gasteiger charge is 2.24. The number of likely N-dealkylation sites (N-methyl/N-ethyl adjacent to an activating group) is 1. The summed E-state index contributed by atoms with van der Waals surface area (Å²) in [6.45, 7) is 4.26. The Morgan fingerprint density at radius 1 is 1.29 bits per heavy atom. The molecule has 0 spiro atoms. The van der Waals surface area contributed by atoms with Gasteiger partial charge in [0.15, 0.2) is 0 Å². The van der Waals surface area contributed by atoms with Crippen molar-refractivity contribution in [3.8, 4) is 0 Å². The van der Waals surface area contributed by atoms with Crippen LogP contribution in [0.3, 0.4) is 0 Å². The van der Waals surface area contributed by atoms with Gasteiger partial charge in [0, 0.05) is 25.7 Å². The van der Waals surface area contributed by atoms with Crippen molar-refractivity contribution in [2.45, 2.75) is 51.1 Å². The predicted molar refractivity (Wildman–Crippen MR) is 73.4 cm³/mol. The summed E-state index contributed by atoms with van der Waals surface area (Å²) in [6, 6.07) is 1.22. The zero-order valence-electron chi connectivity index (χ0n) is 12.0. The zero-order chi connectivity index (χ0) is 12.7. The van der Waals surface area contributed by atoms with Crippen LogP contribution in [0.5, 0.6) is 0 Å². The Hall–Kier alpha value is -0.120. The van der Waals surface area contributed by atoms with Crippen LogP contribution < -0.4 is 5.32 Å². The van der Waals surface area contributed by atoms with Crippen molar-refractivity contribution in [2.75, 3.05) is 34.4 Å². The molecule has 0 saturated heterocycles. The van der Waals surface area contributed by atoms with E-state index in [1.807, 2.05) is 0 Å². The molecule has 3 nitrogen and oxygen atoms in total. The van der Waals surface area contributed by atoms with Gasteiger partial charge >= 0.3 is 0 Å². The van der Waals surface area contributed by atoms with Gasteiger partial charge in [-0.2, -0.15) is 0 Å². The van der Waals surface area contributed by atoms with Gasteiger partial charge in [0.1, 0.15) is 0 Å². The van der Waals surface area contributed by atoms with E-state index in [-0.39, 0.29) is 0 Å². The molecular weight excluding hydrogens is 212 g/mol. The van der Waals surface area contributed by atoms with Gasteiger partial charge in [0.2, 0.25) is 0 Å². The van der Waals surface area contributed by atoms with Crippen molar-refractivity contribution >= 4 is 0 Å². The summed E-state index contributed by atoms with van der Waals surface area (Å²) >= 11 is 0. The summed E-state index contributed by atoms with van der Waals surface area (Å²) in [7, 11) is 6.12. The number of methoxy groups -OCH3 is 1. The predicted octanol–water partition coefficient (Wildman–Crippen LogP) is 2.12. The third kappa shape index (κ3) is 4.94. The highest BCUT2D eigenvalue weighted by molar-refractivity contribution is 4.81. The third-order valence-corrected chi connectivity index (χ3v) is 4.21. The molecule has 3 heteroatoms. The molecule has 0 aromatic heterocycles. The van der Waals surface area contributed by atoms with Crippen LogP contribution in [0.2, 0.25) is 0 Å². The Morgan fingerprint density at radius 3 is 2.65 bits per heavy atom. The maximum atomic E-state index is 5.23. The Labute approximate surface area is 107 Å². The lowest BCUT2D eigenvalue weighted by Crippen LogP contribution is -2.43. The molecule has 0 aromatic carbocycles. The molecule has 0 bridgehead atoms. The van der Waals surface area contributed by atoms with Crippen LogP contribution in [0.1, 0.15) is 39.0 Å². The van der Waals surface area contributed by atoms with Crippen LogP contribution in [0.15, 0.2) is 0 Å². The Morgan fingerprint density at radius 2 is 2.00 bits per heavy atom. The molecule has 0 aromatic rings. The van der Waals surface area contributed by atoms with E-state index in [2.05, 4.69) is 31.2 Å². The van der Waals surface area contributed by atoms with Crippen LogP contribution in [0, 0.1) is 5.92 Å². The Bertz CT molecular complexity index is 199. The van der Waals surface area contributed by atoms with Crippen LogP contribution >= 0.6 is 0 Å². The molecule has 0 radical (unpaired) electrons. The van der Waals surface area contributed by atoms with Crippen molar-refractivity contribution in [1.82, 2.24) is 10.2 Å². The molecule has 1 saturated carbocycles. The summed E-state index contributed by atoms with van der Waals surface area (Å²) in [4.78, 5) is 2.45. The monoisotopic (exact) mass is 242 g/mol. The molecule has 0 aliphatic heterocycles. The molecule has 1 aliphatic carbocycles. The number of rotatable bonds is 6. The molecule has 1 fully saturated rings. The molecule has 0 heterocycles. The van der Waals surface area contributed by atoms with Gasteiger partial charge in [-0.25, -0.2) is 0 Å². The zero-order valence-corrected chi connectivity index (χ0v) is 12.0. The molecule has 3 atom stereocenters. The smallest absolute Gasteiger partial charge is 0.0615 e. The van der Waals surface area contributed by atoms with Gasteiger partial charge in [-0.15, -0.1) is 0 Å². The number of nitrogens with zero attached hydrogens (tertiary/aromatic N) is 1. The average Bonchev–Trinajstić information content (AvgIpc) is 2.54. The largest absolute Gasteiger partial charge is 0.383 e. The number of nitrogens with one attached hydrogen (secondary N) is 1. The lowest BCUT2D eigenvalue weighted by atomic mass is 9.94. The maximum Gasteiger partial charge on any atom is 0.0615 e. The van der Waals surface area contributed by atoms with Crippen molar-refractivity contribution in [3.05, 3.63) is 0 Å². The molecule has 0 amide bonds. The SMILES string of the molecule is CNC1CCCCCC1CN(C)C(C)COC. The van der Waals surface area contributed by atoms with Crippen LogP contribution in [-0.2, 0) is 4.74 Å². The standard InChI is InChI=1S/C14H30N2O/c1-12(11-17-4)16(3)10-13-8-6-5-7-9-14(13)15-2/h12-15H,5-11H2,1-4H3. The second-order valence-corrected chi connectivity index (χ2v) is 5.54. The van der Waals surface area contributed by atoms with Gasteiger partial charge in [-0.3, -0.25) is 0 Å². The fourth-order valence-corrected chi connectivity index (χ4v) is 2.90. The first kappa shape index (κ1) is 14.9. The lowest BCUT2D eigenvalue weighted by molar-refractivity contribution is 0.0990. The van der Waals surface area contributed by atoms with E-state index >= 15 is 0 Å². The van der Waals surface area contributed by atoms with Gasteiger partial charge in [-0.05, 0) is 39.8 Å². The van der Waals surface area contributed by atoms with Crippen molar-refractivity contribution in [3.63, 3.8) is 0 Å². The molecule has 3 unspecified atom stereocenters. The lowest BCUT2D eigenvalue weighted by Gasteiger charge is -2.32. The van der Waals surface area contributed by atoms with E-state index in [0.717, 1.165) is 12.5 Å². The van der Waals surface area contributed by atoms with Gasteiger partial charge in [0.25, 0.3) is 0 Å². The van der Waals surface area contributed by atoms with E-state index in [9.17, 15) is 0 Å². The first-order valence-electron chi connectivity index (χ1n) is 7.05. The van der Waals surface area contributed by atoms with Crippen molar-refractivity contribution < 1.29 is 4.74 Å².